The van der Waals surface area contributed by atoms with E-state index in [0.717, 1.165) is 50.9 Å². The minimum Gasteiger partial charge on any atom is -0.375 e. The Morgan fingerprint density at radius 1 is 1.16 bits per heavy atom. The van der Waals surface area contributed by atoms with E-state index in [2.05, 4.69) is 31.1 Å². The second-order valence-electron chi connectivity index (χ2n) is 10.1. The van der Waals surface area contributed by atoms with E-state index >= 15 is 0 Å². The van der Waals surface area contributed by atoms with E-state index in [1.807, 2.05) is 36.4 Å². The average Bonchev–Trinajstić information content (AvgIpc) is 3.33. The van der Waals surface area contributed by atoms with Crippen molar-refractivity contribution >= 4 is 11.7 Å². The fraction of sp³-hybridized carbons (Fsp3) is 0.481. The van der Waals surface area contributed by atoms with E-state index in [-0.39, 0.29) is 24.0 Å². The van der Waals surface area contributed by atoms with Crippen molar-refractivity contribution in [2.75, 3.05) is 31.6 Å². The van der Waals surface area contributed by atoms with E-state index in [1.165, 1.54) is 24.1 Å². The van der Waals surface area contributed by atoms with Gasteiger partial charge in [0, 0.05) is 38.0 Å². The van der Waals surface area contributed by atoms with Gasteiger partial charge in [-0.15, -0.1) is 5.10 Å². The Morgan fingerprint density at radius 3 is 2.84 bits per heavy atom. The molecule has 2 aliphatic heterocycles. The van der Waals surface area contributed by atoms with Gasteiger partial charge in [0.1, 0.15) is 5.82 Å². The summed E-state index contributed by atoms with van der Waals surface area (Å²) in [5, 5.41) is 17.7. The van der Waals surface area contributed by atoms with Crippen LogP contribution in [0.1, 0.15) is 31.2 Å². The Labute approximate surface area is 216 Å². The van der Waals surface area contributed by atoms with Crippen LogP contribution in [0.15, 0.2) is 48.5 Å². The molecule has 2 saturated heterocycles. The molecule has 5 rings (SSSR count). The van der Waals surface area contributed by atoms with E-state index < -0.39 is 0 Å². The van der Waals surface area contributed by atoms with Crippen molar-refractivity contribution in [3.8, 4) is 11.4 Å². The Bertz CT molecular complexity index is 1190. The number of tetrazole rings is 1. The molecule has 2 aromatic carbocycles. The van der Waals surface area contributed by atoms with Gasteiger partial charge >= 0.3 is 6.03 Å². The first-order chi connectivity index (χ1) is 18.0. The van der Waals surface area contributed by atoms with Crippen LogP contribution in [-0.4, -0.2) is 69.5 Å². The normalized spacial score (nSPS) is 22.5. The number of rotatable bonds is 7. The first-order valence-electron chi connectivity index (χ1n) is 13.0. The first kappa shape index (κ1) is 25.3. The Kier molecular flexibility index (Phi) is 8.05. The molecule has 3 atom stereocenters. The molecule has 0 spiro atoms. The second kappa shape index (κ2) is 11.8. The Hall–Kier alpha value is -3.37. The molecule has 196 valence electrons. The molecule has 1 aromatic heterocycles. The van der Waals surface area contributed by atoms with Crippen molar-refractivity contribution in [1.82, 2.24) is 30.4 Å². The summed E-state index contributed by atoms with van der Waals surface area (Å²) in [5.41, 5.74) is 2.67. The quantitative estimate of drug-likeness (QED) is 0.507. The van der Waals surface area contributed by atoms with E-state index in [0.29, 0.717) is 24.0 Å². The number of urea groups is 1. The number of likely N-dealkylation sites (tertiary alicyclic amines) is 1. The van der Waals surface area contributed by atoms with Crippen LogP contribution < -0.4 is 10.6 Å². The monoisotopic (exact) mass is 507 g/mol. The summed E-state index contributed by atoms with van der Waals surface area (Å²) in [6.07, 6.45) is 5.01. The SMILES string of the molecule is Cn1nnnc1-c1cccc(NC(=O)N[C@@H]2CCCO[C@H]2CN2CCCC(Cc3ccc(F)cc3)C2)c1. The van der Waals surface area contributed by atoms with Gasteiger partial charge in [-0.25, -0.2) is 13.9 Å². The number of piperidine rings is 1. The molecule has 3 heterocycles. The van der Waals surface area contributed by atoms with E-state index in [4.69, 9.17) is 4.74 Å². The number of hydrogen-bond acceptors (Lipinski definition) is 6. The highest BCUT2D eigenvalue weighted by molar-refractivity contribution is 5.90. The molecule has 9 nitrogen and oxygen atoms in total. The number of nitrogens with zero attached hydrogens (tertiary/aromatic N) is 5. The lowest BCUT2D eigenvalue weighted by molar-refractivity contribution is -0.0306. The van der Waals surface area contributed by atoms with Gasteiger partial charge < -0.3 is 20.3 Å². The largest absolute Gasteiger partial charge is 0.375 e. The van der Waals surface area contributed by atoms with Crippen LogP contribution >= 0.6 is 0 Å². The maximum atomic E-state index is 13.3. The van der Waals surface area contributed by atoms with Crippen molar-refractivity contribution in [3.63, 3.8) is 0 Å². The highest BCUT2D eigenvalue weighted by Gasteiger charge is 2.31. The highest BCUT2D eigenvalue weighted by Crippen LogP contribution is 2.24. The second-order valence-corrected chi connectivity index (χ2v) is 10.1. The van der Waals surface area contributed by atoms with Crippen LogP contribution in [0.3, 0.4) is 0 Å². The molecule has 0 bridgehead atoms. The third-order valence-electron chi connectivity index (χ3n) is 7.23. The van der Waals surface area contributed by atoms with E-state index in [1.54, 1.807) is 11.7 Å². The number of hydrogen-bond donors (Lipinski definition) is 2. The molecule has 0 aliphatic carbocycles. The number of carbonyl (C=O) groups excluding carboxylic acids is 1. The fourth-order valence-corrected chi connectivity index (χ4v) is 5.42. The molecule has 0 radical (unpaired) electrons. The number of nitrogens with one attached hydrogen (secondary N) is 2. The van der Waals surface area contributed by atoms with Gasteiger partial charge in [-0.05, 0) is 84.8 Å². The Morgan fingerprint density at radius 2 is 2.03 bits per heavy atom. The van der Waals surface area contributed by atoms with Crippen LogP contribution in [0.25, 0.3) is 11.4 Å². The lowest BCUT2D eigenvalue weighted by Gasteiger charge is -2.39. The van der Waals surface area contributed by atoms with Crippen molar-refractivity contribution in [3.05, 3.63) is 59.9 Å². The number of benzene rings is 2. The van der Waals surface area contributed by atoms with Gasteiger partial charge in [0.25, 0.3) is 0 Å². The van der Waals surface area contributed by atoms with Crippen LogP contribution in [0, 0.1) is 11.7 Å². The lowest BCUT2D eigenvalue weighted by atomic mass is 9.90. The number of aryl methyl sites for hydroxylation is 1. The molecule has 37 heavy (non-hydrogen) atoms. The van der Waals surface area contributed by atoms with E-state index in [9.17, 15) is 9.18 Å². The zero-order valence-electron chi connectivity index (χ0n) is 21.1. The summed E-state index contributed by atoms with van der Waals surface area (Å²) < 4.78 is 21.0. The number of amides is 2. The minimum atomic E-state index is -0.249. The van der Waals surface area contributed by atoms with Crippen molar-refractivity contribution < 1.29 is 13.9 Å². The molecular weight excluding hydrogens is 473 g/mol. The average molecular weight is 508 g/mol. The van der Waals surface area contributed by atoms with Gasteiger partial charge in [0.2, 0.25) is 0 Å². The molecule has 3 aromatic rings. The summed E-state index contributed by atoms with van der Waals surface area (Å²) in [7, 11) is 1.78. The highest BCUT2D eigenvalue weighted by atomic mass is 19.1. The molecular formula is C27H34FN7O2. The number of ether oxygens (including phenoxy) is 1. The van der Waals surface area contributed by atoms with Gasteiger partial charge in [-0.1, -0.05) is 24.3 Å². The summed E-state index contributed by atoms with van der Waals surface area (Å²) in [6, 6.07) is 14.0. The lowest BCUT2D eigenvalue weighted by Crippen LogP contribution is -2.53. The molecule has 0 saturated carbocycles. The summed E-state index contributed by atoms with van der Waals surface area (Å²) in [4.78, 5) is 15.4. The predicted octanol–water partition coefficient (Wildman–Crippen LogP) is 3.64. The first-order valence-corrected chi connectivity index (χ1v) is 13.0. The molecule has 2 N–H and O–H groups in total. The maximum Gasteiger partial charge on any atom is 0.319 e. The van der Waals surface area contributed by atoms with Crippen LogP contribution in [0.5, 0.6) is 0 Å². The molecule has 10 heteroatoms. The van der Waals surface area contributed by atoms with Crippen molar-refractivity contribution in [2.45, 2.75) is 44.2 Å². The van der Waals surface area contributed by atoms with Crippen LogP contribution in [-0.2, 0) is 18.2 Å². The Balaban J connectivity index is 1.16. The number of anilines is 1. The summed E-state index contributed by atoms with van der Waals surface area (Å²) in [6.45, 7) is 3.52. The fourth-order valence-electron chi connectivity index (χ4n) is 5.42. The summed E-state index contributed by atoms with van der Waals surface area (Å²) in [5.74, 6) is 0.972. The maximum absolute atomic E-state index is 13.3. The zero-order valence-corrected chi connectivity index (χ0v) is 21.1. The number of halogens is 1. The topological polar surface area (TPSA) is 97.2 Å². The van der Waals surface area contributed by atoms with Crippen LogP contribution in [0.4, 0.5) is 14.9 Å². The third kappa shape index (κ3) is 6.69. The van der Waals surface area contributed by atoms with Gasteiger partial charge in [-0.2, -0.15) is 0 Å². The smallest absolute Gasteiger partial charge is 0.319 e. The molecule has 1 unspecified atom stereocenters. The van der Waals surface area contributed by atoms with Crippen molar-refractivity contribution in [1.29, 1.82) is 0 Å². The molecule has 2 aliphatic rings. The number of carbonyl (C=O) groups is 1. The number of aromatic nitrogens is 4. The molecule has 2 fully saturated rings. The van der Waals surface area contributed by atoms with Gasteiger partial charge in [0.15, 0.2) is 5.82 Å². The van der Waals surface area contributed by atoms with Crippen LogP contribution in [0.2, 0.25) is 0 Å². The standard InChI is InChI=1S/C27H34FN7O2/c1-34-26(31-32-33-34)21-6-2-7-23(16-21)29-27(36)30-24-8-4-14-37-25(24)18-35-13-3-5-20(17-35)15-19-9-11-22(28)12-10-19/h2,6-7,9-12,16,20,24-25H,3-5,8,13-15,17-18H2,1H3,(H2,29,30,36)/t20?,24-,25+/m1/s1. The summed E-state index contributed by atoms with van der Waals surface area (Å²) >= 11 is 0. The third-order valence-corrected chi connectivity index (χ3v) is 7.23. The van der Waals surface area contributed by atoms with Gasteiger partial charge in [0.05, 0.1) is 12.1 Å². The molecule has 2 amide bonds. The minimum absolute atomic E-state index is 0.0554. The predicted molar refractivity (Wildman–Crippen MR) is 138 cm³/mol. The van der Waals surface area contributed by atoms with Crippen molar-refractivity contribution in [2.24, 2.45) is 13.0 Å². The van der Waals surface area contributed by atoms with Gasteiger partial charge in [-0.3, -0.25) is 0 Å². The zero-order chi connectivity index (χ0) is 25.6.